The van der Waals surface area contributed by atoms with E-state index in [1.165, 1.54) is 32.1 Å². The molecule has 1 saturated heterocycles. The predicted molar refractivity (Wildman–Crippen MR) is 109 cm³/mol. The highest BCUT2D eigenvalue weighted by Crippen LogP contribution is 2.25. The maximum atomic E-state index is 13.0. The molecule has 0 atom stereocenters. The number of carbonyl (C=O) groups excluding carboxylic acids is 1. The number of aromatic amines is 1. The summed E-state index contributed by atoms with van der Waals surface area (Å²) in [6.07, 6.45) is 6.47. The van der Waals surface area contributed by atoms with Crippen molar-refractivity contribution in [2.45, 2.75) is 58.0 Å². The van der Waals surface area contributed by atoms with Crippen molar-refractivity contribution in [3.05, 3.63) is 25.7 Å². The first kappa shape index (κ1) is 19.3. The van der Waals surface area contributed by atoms with E-state index in [1.54, 1.807) is 13.8 Å². The number of piperazine rings is 1. The van der Waals surface area contributed by atoms with Gasteiger partial charge < -0.3 is 9.88 Å². The highest BCUT2D eigenvalue weighted by Gasteiger charge is 2.29. The zero-order valence-corrected chi connectivity index (χ0v) is 17.3. The molecule has 2 aromatic rings. The number of amides is 1. The first-order chi connectivity index (χ1) is 13.5. The molecule has 1 saturated carbocycles. The van der Waals surface area contributed by atoms with E-state index in [2.05, 4.69) is 14.3 Å². The van der Waals surface area contributed by atoms with Crippen LogP contribution in [0, 0.1) is 0 Å². The maximum absolute atomic E-state index is 13.0. The lowest BCUT2D eigenvalue weighted by molar-refractivity contribution is 0.0528. The minimum Gasteiger partial charge on any atom is -0.335 e. The van der Waals surface area contributed by atoms with Crippen molar-refractivity contribution in [1.82, 2.24) is 23.7 Å². The maximum Gasteiger partial charge on any atom is 0.329 e. The molecular weight excluding hydrogens is 378 g/mol. The van der Waals surface area contributed by atoms with Crippen LogP contribution in [0.25, 0.3) is 11.0 Å². The van der Waals surface area contributed by atoms with Gasteiger partial charge in [-0.1, -0.05) is 19.3 Å². The van der Waals surface area contributed by atoms with Crippen molar-refractivity contribution in [2.24, 2.45) is 0 Å². The first-order valence-corrected chi connectivity index (χ1v) is 10.9. The second-order valence-corrected chi connectivity index (χ2v) is 8.83. The minimum absolute atomic E-state index is 0.145. The Balaban J connectivity index is 1.53. The first-order valence-electron chi connectivity index (χ1n) is 10.1. The SMILES string of the molecule is CC(C)n1c(=O)[nH]c2c(C(=O)N3CCN(C4CCCCC4)CC3)snc2c1=O. The van der Waals surface area contributed by atoms with E-state index in [-0.39, 0.29) is 23.0 Å². The van der Waals surface area contributed by atoms with E-state index < -0.39 is 11.2 Å². The zero-order valence-electron chi connectivity index (χ0n) is 16.4. The van der Waals surface area contributed by atoms with E-state index in [0.29, 0.717) is 24.0 Å². The average molecular weight is 406 g/mol. The predicted octanol–water partition coefficient (Wildman–Crippen LogP) is 1.82. The minimum atomic E-state index is -0.496. The van der Waals surface area contributed by atoms with Crippen molar-refractivity contribution in [2.75, 3.05) is 26.2 Å². The van der Waals surface area contributed by atoms with Gasteiger partial charge in [-0.2, -0.15) is 4.37 Å². The number of rotatable bonds is 3. The van der Waals surface area contributed by atoms with Crippen molar-refractivity contribution in [3.63, 3.8) is 0 Å². The van der Waals surface area contributed by atoms with Gasteiger partial charge in [-0.25, -0.2) is 4.79 Å². The number of nitrogens with zero attached hydrogens (tertiary/aromatic N) is 4. The largest absolute Gasteiger partial charge is 0.335 e. The van der Waals surface area contributed by atoms with Gasteiger partial charge in [-0.15, -0.1) is 0 Å². The Bertz CT molecular complexity index is 978. The molecule has 3 heterocycles. The zero-order chi connectivity index (χ0) is 19.8. The third-order valence-electron chi connectivity index (χ3n) is 5.97. The molecule has 28 heavy (non-hydrogen) atoms. The highest BCUT2D eigenvalue weighted by molar-refractivity contribution is 7.09. The molecule has 4 rings (SSSR count). The topological polar surface area (TPSA) is 91.3 Å². The molecular formula is C19H27N5O3S. The van der Waals surface area contributed by atoms with Crippen LogP contribution < -0.4 is 11.2 Å². The molecule has 0 aromatic carbocycles. The summed E-state index contributed by atoms with van der Waals surface area (Å²) in [5.74, 6) is -0.145. The molecule has 8 nitrogen and oxygen atoms in total. The van der Waals surface area contributed by atoms with Gasteiger partial charge in [0.05, 0.1) is 5.52 Å². The fraction of sp³-hybridized carbons (Fsp3) is 0.684. The van der Waals surface area contributed by atoms with Gasteiger partial charge in [0.2, 0.25) is 0 Å². The van der Waals surface area contributed by atoms with Crippen molar-refractivity contribution >= 4 is 28.5 Å². The normalized spacial score (nSPS) is 19.6. The van der Waals surface area contributed by atoms with Gasteiger partial charge in [0.15, 0.2) is 5.52 Å². The molecule has 1 N–H and O–H groups in total. The van der Waals surface area contributed by atoms with Gasteiger partial charge in [0.25, 0.3) is 11.5 Å². The molecule has 0 unspecified atom stereocenters. The highest BCUT2D eigenvalue weighted by atomic mass is 32.1. The van der Waals surface area contributed by atoms with Gasteiger partial charge in [-0.05, 0) is 38.2 Å². The fourth-order valence-electron chi connectivity index (χ4n) is 4.42. The lowest BCUT2D eigenvalue weighted by atomic mass is 9.94. The quantitative estimate of drug-likeness (QED) is 0.841. The Kier molecular flexibility index (Phi) is 5.37. The molecule has 1 aliphatic carbocycles. The van der Waals surface area contributed by atoms with Crippen LogP contribution in [0.1, 0.15) is 61.7 Å². The number of aromatic nitrogens is 3. The third-order valence-corrected chi connectivity index (χ3v) is 6.80. The average Bonchev–Trinajstić information content (AvgIpc) is 3.12. The molecule has 0 radical (unpaired) electrons. The number of hydrogen-bond acceptors (Lipinski definition) is 6. The van der Waals surface area contributed by atoms with Gasteiger partial charge >= 0.3 is 5.69 Å². The van der Waals surface area contributed by atoms with Crippen LogP contribution in [0.3, 0.4) is 0 Å². The number of fused-ring (bicyclic) bond motifs is 1. The Labute approximate surface area is 167 Å². The summed E-state index contributed by atoms with van der Waals surface area (Å²) in [4.78, 5) is 45.3. The second-order valence-electron chi connectivity index (χ2n) is 8.05. The van der Waals surface area contributed by atoms with Crippen molar-refractivity contribution in [1.29, 1.82) is 0 Å². The second kappa shape index (κ2) is 7.79. The van der Waals surface area contributed by atoms with Gasteiger partial charge in [0.1, 0.15) is 4.88 Å². The third kappa shape index (κ3) is 3.41. The summed E-state index contributed by atoms with van der Waals surface area (Å²) >= 11 is 0.998. The van der Waals surface area contributed by atoms with Crippen LogP contribution >= 0.6 is 11.5 Å². The van der Waals surface area contributed by atoms with Crippen LogP contribution in [0.2, 0.25) is 0 Å². The van der Waals surface area contributed by atoms with Crippen LogP contribution in [0.5, 0.6) is 0 Å². The van der Waals surface area contributed by atoms with Crippen LogP contribution in [0.15, 0.2) is 9.59 Å². The van der Waals surface area contributed by atoms with E-state index in [1.807, 2.05) is 4.90 Å². The monoisotopic (exact) mass is 405 g/mol. The molecule has 1 amide bonds. The van der Waals surface area contributed by atoms with E-state index in [0.717, 1.165) is 29.2 Å². The van der Waals surface area contributed by atoms with E-state index >= 15 is 0 Å². The number of nitrogens with one attached hydrogen (secondary N) is 1. The summed E-state index contributed by atoms with van der Waals surface area (Å²) < 4.78 is 5.33. The van der Waals surface area contributed by atoms with Gasteiger partial charge in [0, 0.05) is 38.3 Å². The van der Waals surface area contributed by atoms with E-state index in [4.69, 9.17) is 0 Å². The molecule has 2 aliphatic rings. The molecule has 152 valence electrons. The smallest absolute Gasteiger partial charge is 0.329 e. The van der Waals surface area contributed by atoms with Gasteiger partial charge in [-0.3, -0.25) is 19.1 Å². The van der Waals surface area contributed by atoms with Crippen LogP contribution in [-0.4, -0.2) is 61.9 Å². The molecule has 9 heteroatoms. The Morgan fingerprint density at radius 3 is 2.43 bits per heavy atom. The Morgan fingerprint density at radius 1 is 1.11 bits per heavy atom. The fourth-order valence-corrected chi connectivity index (χ4v) is 5.22. The van der Waals surface area contributed by atoms with Crippen molar-refractivity contribution < 1.29 is 4.79 Å². The molecule has 0 bridgehead atoms. The standard InChI is InChI=1S/C19H27N5O3S/c1-12(2)24-17(25)15-14(20-19(24)27)16(28-21-15)18(26)23-10-8-22(9-11-23)13-6-4-3-5-7-13/h12-13H,3-11H2,1-2H3,(H,20,27). The number of H-pyrrole nitrogens is 1. The lowest BCUT2D eigenvalue weighted by Gasteiger charge is -2.40. The summed E-state index contributed by atoms with van der Waals surface area (Å²) in [5.41, 5.74) is -0.492. The number of carbonyl (C=O) groups is 1. The Morgan fingerprint density at radius 2 is 1.79 bits per heavy atom. The Hall–Kier alpha value is -2.00. The van der Waals surface area contributed by atoms with Crippen molar-refractivity contribution in [3.8, 4) is 0 Å². The van der Waals surface area contributed by atoms with E-state index in [9.17, 15) is 14.4 Å². The summed E-state index contributed by atoms with van der Waals surface area (Å²) in [6, 6.07) is 0.385. The molecule has 0 spiro atoms. The number of hydrogen-bond donors (Lipinski definition) is 1. The summed E-state index contributed by atoms with van der Waals surface area (Å²) in [6.45, 7) is 6.64. The van der Waals surface area contributed by atoms with Crippen LogP contribution in [-0.2, 0) is 0 Å². The summed E-state index contributed by atoms with van der Waals surface area (Å²) in [5, 5.41) is 0. The molecule has 2 aromatic heterocycles. The molecule has 2 fully saturated rings. The molecule has 1 aliphatic heterocycles. The lowest BCUT2D eigenvalue weighted by Crippen LogP contribution is -2.52. The van der Waals surface area contributed by atoms with Crippen LogP contribution in [0.4, 0.5) is 0 Å². The summed E-state index contributed by atoms with van der Waals surface area (Å²) in [7, 11) is 0.